The first-order chi connectivity index (χ1) is 9.92. The number of para-hydroxylation sites is 2. The van der Waals surface area contributed by atoms with Crippen LogP contribution in [0.25, 0.3) is 11.0 Å². The van der Waals surface area contributed by atoms with Crippen molar-refractivity contribution in [3.05, 3.63) is 30.1 Å². The van der Waals surface area contributed by atoms with Gasteiger partial charge >= 0.3 is 6.09 Å². The number of benzene rings is 1. The smallest absolute Gasteiger partial charge is 0.420 e. The van der Waals surface area contributed by atoms with Gasteiger partial charge in [-0.25, -0.2) is 14.3 Å². The van der Waals surface area contributed by atoms with Gasteiger partial charge in [0.2, 0.25) is 0 Å². The van der Waals surface area contributed by atoms with Crippen molar-refractivity contribution in [3.63, 3.8) is 0 Å². The number of hydrogen-bond acceptors (Lipinski definition) is 4. The number of hydrogen-bond donors (Lipinski definition) is 0. The van der Waals surface area contributed by atoms with E-state index in [0.717, 1.165) is 0 Å². The van der Waals surface area contributed by atoms with Crippen LogP contribution in [0.3, 0.4) is 0 Å². The average molecular weight is 287 g/mol. The summed E-state index contributed by atoms with van der Waals surface area (Å²) in [5.74, 6) is 0.401. The third-order valence-corrected chi connectivity index (χ3v) is 2.44. The molecule has 2 rings (SSSR count). The van der Waals surface area contributed by atoms with Crippen LogP contribution in [0, 0.1) is 11.3 Å². The maximum Gasteiger partial charge on any atom is 0.420 e. The van der Waals surface area contributed by atoms with E-state index >= 15 is 0 Å². The molecule has 0 aliphatic rings. The summed E-state index contributed by atoms with van der Waals surface area (Å²) < 4.78 is 6.72. The first-order valence-corrected chi connectivity index (χ1v) is 6.99. The van der Waals surface area contributed by atoms with Crippen LogP contribution in [0.15, 0.2) is 24.3 Å². The fourth-order valence-electron chi connectivity index (χ4n) is 1.78. The van der Waals surface area contributed by atoms with Gasteiger partial charge in [-0.05, 0) is 32.9 Å². The van der Waals surface area contributed by atoms with Crippen molar-refractivity contribution in [1.29, 1.82) is 5.26 Å². The van der Waals surface area contributed by atoms with E-state index in [-0.39, 0.29) is 6.42 Å². The normalized spacial score (nSPS) is 10.5. The second kappa shape index (κ2) is 6.89. The third kappa shape index (κ3) is 4.06. The molecule has 0 spiro atoms. The highest BCUT2D eigenvalue weighted by atomic mass is 16.6. The topological polar surface area (TPSA) is 67.9 Å². The highest BCUT2D eigenvalue weighted by Crippen LogP contribution is 2.19. The molecule has 0 aliphatic heterocycles. The Kier molecular flexibility index (Phi) is 5.48. The number of fused-ring (bicyclic) bond motifs is 1. The zero-order valence-electron chi connectivity index (χ0n) is 13.2. The lowest BCUT2D eigenvalue weighted by atomic mass is 10.2. The monoisotopic (exact) mass is 287 g/mol. The molecule has 0 bridgehead atoms. The molecule has 112 valence electrons. The zero-order chi connectivity index (χ0) is 16.0. The Morgan fingerprint density at radius 3 is 2.52 bits per heavy atom. The van der Waals surface area contributed by atoms with Gasteiger partial charge in [0, 0.05) is 0 Å². The van der Waals surface area contributed by atoms with Gasteiger partial charge in [0.1, 0.15) is 11.4 Å². The van der Waals surface area contributed by atoms with Crippen molar-refractivity contribution >= 4 is 17.1 Å². The maximum absolute atomic E-state index is 12.2. The Labute approximate surface area is 125 Å². The zero-order valence-corrected chi connectivity index (χ0v) is 13.2. The summed E-state index contributed by atoms with van der Waals surface area (Å²) in [6.07, 6.45) is -0.445. The van der Waals surface area contributed by atoms with Crippen LogP contribution in [0.1, 0.15) is 40.4 Å². The van der Waals surface area contributed by atoms with Crippen LogP contribution in [0.2, 0.25) is 0 Å². The van der Waals surface area contributed by atoms with Gasteiger partial charge in [0.05, 0.1) is 23.5 Å². The number of carbonyl (C=O) groups is 1. The largest absolute Gasteiger partial charge is 0.443 e. The molecule has 21 heavy (non-hydrogen) atoms. The molecule has 0 unspecified atom stereocenters. The van der Waals surface area contributed by atoms with Crippen LogP contribution in [0.4, 0.5) is 4.79 Å². The summed E-state index contributed by atoms with van der Waals surface area (Å²) in [5, 5.41) is 8.83. The lowest BCUT2D eigenvalue weighted by Gasteiger charge is -2.20. The van der Waals surface area contributed by atoms with Crippen molar-refractivity contribution in [1.82, 2.24) is 9.55 Å². The summed E-state index contributed by atoms with van der Waals surface area (Å²) in [4.78, 5) is 16.5. The Balaban J connectivity index is 0.00000106. The van der Waals surface area contributed by atoms with Crippen LogP contribution >= 0.6 is 0 Å². The third-order valence-electron chi connectivity index (χ3n) is 2.44. The molecule has 1 aromatic carbocycles. The molecule has 0 amide bonds. The van der Waals surface area contributed by atoms with Crippen molar-refractivity contribution in [2.45, 2.75) is 46.6 Å². The van der Waals surface area contributed by atoms with Crippen molar-refractivity contribution in [2.24, 2.45) is 0 Å². The predicted molar refractivity (Wildman–Crippen MR) is 82.0 cm³/mol. The lowest BCUT2D eigenvalue weighted by Crippen LogP contribution is -2.28. The number of rotatable bonds is 1. The van der Waals surface area contributed by atoms with Crippen LogP contribution < -0.4 is 0 Å². The standard InChI is InChI=1S/C14H15N3O2.C2H6/c1-14(2,3)19-13(18)17-11-7-5-4-6-10(11)16-12(17)8-9-15;1-2/h4-7H,8H2,1-3H3;1-2H3. The van der Waals surface area contributed by atoms with Crippen LogP contribution in [0.5, 0.6) is 0 Å². The number of nitrogens with zero attached hydrogens (tertiary/aromatic N) is 3. The Morgan fingerprint density at radius 1 is 1.33 bits per heavy atom. The number of ether oxygens (including phenoxy) is 1. The molecule has 1 aromatic heterocycles. The van der Waals surface area contributed by atoms with E-state index in [2.05, 4.69) is 4.98 Å². The number of imidazole rings is 1. The molecule has 5 nitrogen and oxygen atoms in total. The highest BCUT2D eigenvalue weighted by Gasteiger charge is 2.22. The van der Waals surface area contributed by atoms with Gasteiger partial charge in [0.15, 0.2) is 0 Å². The summed E-state index contributed by atoms with van der Waals surface area (Å²) >= 11 is 0. The number of nitriles is 1. The fraction of sp³-hybridized carbons (Fsp3) is 0.438. The van der Waals surface area contributed by atoms with Crippen LogP contribution in [-0.4, -0.2) is 21.2 Å². The quantitative estimate of drug-likeness (QED) is 0.797. The van der Waals surface area contributed by atoms with Gasteiger partial charge in [-0.2, -0.15) is 5.26 Å². The van der Waals surface area contributed by atoms with E-state index in [1.54, 1.807) is 32.9 Å². The van der Waals surface area contributed by atoms with Gasteiger partial charge in [-0.3, -0.25) is 0 Å². The van der Waals surface area contributed by atoms with E-state index in [1.807, 2.05) is 32.0 Å². The summed E-state index contributed by atoms with van der Waals surface area (Å²) in [6, 6.07) is 9.26. The molecule has 0 atom stereocenters. The van der Waals surface area contributed by atoms with E-state index in [1.165, 1.54) is 4.57 Å². The minimum Gasteiger partial charge on any atom is -0.443 e. The van der Waals surface area contributed by atoms with E-state index < -0.39 is 11.7 Å². The molecule has 0 saturated carbocycles. The predicted octanol–water partition coefficient (Wildman–Crippen LogP) is 3.91. The van der Waals surface area contributed by atoms with E-state index in [4.69, 9.17) is 10.00 Å². The molecular weight excluding hydrogens is 266 g/mol. The molecule has 0 radical (unpaired) electrons. The second-order valence-electron chi connectivity index (χ2n) is 5.17. The molecular formula is C16H21N3O2. The average Bonchev–Trinajstić information content (AvgIpc) is 2.77. The van der Waals surface area contributed by atoms with E-state index in [0.29, 0.717) is 16.9 Å². The molecule has 0 aliphatic carbocycles. The number of carbonyl (C=O) groups excluding carboxylic acids is 1. The Morgan fingerprint density at radius 2 is 1.95 bits per heavy atom. The van der Waals surface area contributed by atoms with Crippen molar-refractivity contribution < 1.29 is 9.53 Å². The first-order valence-electron chi connectivity index (χ1n) is 6.99. The van der Waals surface area contributed by atoms with Gasteiger partial charge in [-0.1, -0.05) is 26.0 Å². The van der Waals surface area contributed by atoms with Gasteiger partial charge in [-0.15, -0.1) is 0 Å². The van der Waals surface area contributed by atoms with Crippen molar-refractivity contribution in [2.75, 3.05) is 0 Å². The highest BCUT2D eigenvalue weighted by molar-refractivity contribution is 5.87. The summed E-state index contributed by atoms with van der Waals surface area (Å²) in [5.41, 5.74) is 0.743. The lowest BCUT2D eigenvalue weighted by molar-refractivity contribution is 0.0540. The minimum absolute atomic E-state index is 0.0634. The molecule has 1 heterocycles. The first kappa shape index (κ1) is 16.7. The molecule has 0 fully saturated rings. The molecule has 5 heteroatoms. The molecule has 2 aromatic rings. The SMILES string of the molecule is CC.CC(C)(C)OC(=O)n1c(CC#N)nc2ccccc21. The Bertz CT molecular complexity index is 660. The number of aromatic nitrogens is 2. The minimum atomic E-state index is -0.591. The van der Waals surface area contributed by atoms with Crippen LogP contribution in [-0.2, 0) is 11.2 Å². The second-order valence-corrected chi connectivity index (χ2v) is 5.17. The van der Waals surface area contributed by atoms with Crippen molar-refractivity contribution in [3.8, 4) is 6.07 Å². The molecule has 0 N–H and O–H groups in total. The van der Waals surface area contributed by atoms with E-state index in [9.17, 15) is 4.79 Å². The van der Waals surface area contributed by atoms with Gasteiger partial charge in [0.25, 0.3) is 0 Å². The summed E-state index contributed by atoms with van der Waals surface area (Å²) in [7, 11) is 0. The fourth-order valence-corrected chi connectivity index (χ4v) is 1.78. The molecule has 0 saturated heterocycles. The maximum atomic E-state index is 12.2. The Hall–Kier alpha value is -2.35. The van der Waals surface area contributed by atoms with Gasteiger partial charge < -0.3 is 4.74 Å². The summed E-state index contributed by atoms with van der Waals surface area (Å²) in [6.45, 7) is 9.40.